The first-order valence-corrected chi connectivity index (χ1v) is 8.91. The SMILES string of the molecule is CCCCCCCCC[N+](C)(C)C.F[P-](F)(F)(F)(F)F. The Hall–Kier alpha value is -0.0300. The normalized spacial score (nSPS) is 15.9. The molecule has 0 atom stereocenters. The Bertz CT molecular complexity index is 242. The molecule has 20 heavy (non-hydrogen) atoms. The molecule has 0 rings (SSSR count). The van der Waals surface area contributed by atoms with Gasteiger partial charge in [-0.05, 0) is 12.8 Å². The van der Waals surface area contributed by atoms with E-state index in [2.05, 4.69) is 28.1 Å². The number of unbranched alkanes of at least 4 members (excludes halogenated alkanes) is 6. The van der Waals surface area contributed by atoms with Gasteiger partial charge in [-0.1, -0.05) is 39.0 Å². The summed E-state index contributed by atoms with van der Waals surface area (Å²) in [6.45, 7) is 3.60. The van der Waals surface area contributed by atoms with Crippen LogP contribution in [0.3, 0.4) is 0 Å². The minimum atomic E-state index is -10.7. The third-order valence-corrected chi connectivity index (χ3v) is 2.43. The van der Waals surface area contributed by atoms with Crippen molar-refractivity contribution in [2.75, 3.05) is 27.7 Å². The molecule has 0 aliphatic rings. The molecule has 0 saturated carbocycles. The standard InChI is InChI=1S/C12H28N.F6P/c1-5-6-7-8-9-10-11-12-13(2,3)4;1-7(2,3,4,5)6/h5-12H2,1-4H3;/q+1;-1. The molecule has 0 bridgehead atoms. The van der Waals surface area contributed by atoms with Crippen molar-refractivity contribution in [3.63, 3.8) is 0 Å². The van der Waals surface area contributed by atoms with Crippen molar-refractivity contribution >= 4 is 7.81 Å². The van der Waals surface area contributed by atoms with Crippen molar-refractivity contribution in [2.45, 2.75) is 51.9 Å². The topological polar surface area (TPSA) is 0 Å². The monoisotopic (exact) mass is 331 g/mol. The Labute approximate surface area is 118 Å². The van der Waals surface area contributed by atoms with E-state index >= 15 is 0 Å². The van der Waals surface area contributed by atoms with Crippen molar-refractivity contribution in [3.8, 4) is 0 Å². The first-order valence-electron chi connectivity index (χ1n) is 6.88. The molecule has 0 saturated heterocycles. The number of quaternary nitrogens is 1. The molecule has 0 heterocycles. The molecule has 0 N–H and O–H groups in total. The molecule has 0 aliphatic carbocycles. The molecule has 0 fully saturated rings. The maximum absolute atomic E-state index is 10.7. The van der Waals surface area contributed by atoms with Crippen LogP contribution in [0.5, 0.6) is 0 Å². The maximum atomic E-state index is 9.87. The molecule has 128 valence electrons. The summed E-state index contributed by atoms with van der Waals surface area (Å²) in [6.07, 6.45) is 9.95. The van der Waals surface area contributed by atoms with Gasteiger partial charge < -0.3 is 4.48 Å². The Morgan fingerprint density at radius 1 is 0.650 bits per heavy atom. The van der Waals surface area contributed by atoms with E-state index in [0.29, 0.717) is 0 Å². The Morgan fingerprint density at radius 2 is 0.950 bits per heavy atom. The van der Waals surface area contributed by atoms with Crippen LogP contribution in [0.1, 0.15) is 51.9 Å². The van der Waals surface area contributed by atoms with Crippen molar-refractivity contribution in [1.29, 1.82) is 0 Å². The fraction of sp³-hybridized carbons (Fsp3) is 1.00. The number of hydrogen-bond donors (Lipinski definition) is 0. The molecule has 0 radical (unpaired) electrons. The molecule has 0 aromatic heterocycles. The fourth-order valence-electron chi connectivity index (χ4n) is 1.54. The number of halogens is 6. The predicted molar refractivity (Wildman–Crippen MR) is 74.5 cm³/mol. The van der Waals surface area contributed by atoms with Crippen LogP contribution < -0.4 is 0 Å². The number of rotatable bonds is 8. The zero-order valence-corrected chi connectivity index (χ0v) is 13.7. The fourth-order valence-corrected chi connectivity index (χ4v) is 1.54. The zero-order valence-electron chi connectivity index (χ0n) is 12.8. The van der Waals surface area contributed by atoms with E-state index in [1.165, 1.54) is 51.5 Å². The van der Waals surface area contributed by atoms with Crippen LogP contribution in [0.4, 0.5) is 25.2 Å². The molecule has 0 aromatic rings. The molecule has 1 nitrogen and oxygen atoms in total. The van der Waals surface area contributed by atoms with E-state index in [9.17, 15) is 25.2 Å². The van der Waals surface area contributed by atoms with Gasteiger partial charge in [0.1, 0.15) is 0 Å². The Balaban J connectivity index is 0. The molecule has 0 aromatic carbocycles. The van der Waals surface area contributed by atoms with E-state index in [1.807, 2.05) is 0 Å². The summed E-state index contributed by atoms with van der Waals surface area (Å²) in [5.41, 5.74) is 0. The predicted octanol–water partition coefficient (Wildman–Crippen LogP) is 6.83. The van der Waals surface area contributed by atoms with Gasteiger partial charge in [-0.3, -0.25) is 0 Å². The van der Waals surface area contributed by atoms with E-state index in [4.69, 9.17) is 0 Å². The van der Waals surface area contributed by atoms with Crippen LogP contribution in [0, 0.1) is 0 Å². The van der Waals surface area contributed by atoms with Crippen molar-refractivity contribution in [1.82, 2.24) is 0 Å². The third-order valence-electron chi connectivity index (χ3n) is 2.43. The van der Waals surface area contributed by atoms with Gasteiger partial charge in [0.05, 0.1) is 27.7 Å². The molecule has 0 spiro atoms. The summed E-state index contributed by atoms with van der Waals surface area (Å²) in [7, 11) is -3.83. The van der Waals surface area contributed by atoms with Crippen molar-refractivity contribution in [2.24, 2.45) is 0 Å². The molecule has 8 heteroatoms. The van der Waals surface area contributed by atoms with Crippen LogP contribution in [-0.4, -0.2) is 32.2 Å². The summed E-state index contributed by atoms with van der Waals surface area (Å²) in [5, 5.41) is 0. The molecule has 0 unspecified atom stereocenters. The first kappa shape index (κ1) is 22.3. The van der Waals surface area contributed by atoms with Gasteiger partial charge in [-0.2, -0.15) is 0 Å². The first-order chi connectivity index (χ1) is 8.51. The second-order valence-electron chi connectivity index (χ2n) is 6.09. The average molecular weight is 331 g/mol. The Kier molecular flexibility index (Phi) is 8.12. The Morgan fingerprint density at radius 3 is 1.25 bits per heavy atom. The third kappa shape index (κ3) is 52.1. The van der Waals surface area contributed by atoms with Gasteiger partial charge in [0.25, 0.3) is 0 Å². The van der Waals surface area contributed by atoms with Crippen LogP contribution in [0.15, 0.2) is 0 Å². The average Bonchev–Trinajstić information content (AvgIpc) is 2.09. The molecular formula is C12H28F6NP. The number of hydrogen-bond acceptors (Lipinski definition) is 0. The molecule has 0 aliphatic heterocycles. The van der Waals surface area contributed by atoms with Crippen LogP contribution in [0.25, 0.3) is 0 Å². The second-order valence-corrected chi connectivity index (χ2v) is 8.01. The molecular weight excluding hydrogens is 303 g/mol. The molecule has 0 amide bonds. The summed E-state index contributed by atoms with van der Waals surface area (Å²) < 4.78 is 60.3. The van der Waals surface area contributed by atoms with Crippen LogP contribution in [0.2, 0.25) is 0 Å². The zero-order chi connectivity index (χ0) is 16.6. The van der Waals surface area contributed by atoms with E-state index < -0.39 is 7.81 Å². The van der Waals surface area contributed by atoms with Gasteiger partial charge in [0, 0.05) is 0 Å². The number of nitrogens with zero attached hydrogens (tertiary/aromatic N) is 1. The van der Waals surface area contributed by atoms with E-state index in [1.54, 1.807) is 0 Å². The van der Waals surface area contributed by atoms with Crippen LogP contribution >= 0.6 is 7.81 Å². The van der Waals surface area contributed by atoms with Gasteiger partial charge in [-0.15, -0.1) is 0 Å². The van der Waals surface area contributed by atoms with Crippen molar-refractivity contribution < 1.29 is 29.7 Å². The van der Waals surface area contributed by atoms with Crippen molar-refractivity contribution in [3.05, 3.63) is 0 Å². The summed E-state index contributed by atoms with van der Waals surface area (Å²) in [4.78, 5) is 0. The van der Waals surface area contributed by atoms with Gasteiger partial charge in [0.15, 0.2) is 0 Å². The van der Waals surface area contributed by atoms with Gasteiger partial charge in [0.2, 0.25) is 0 Å². The quantitative estimate of drug-likeness (QED) is 0.198. The summed E-state index contributed by atoms with van der Waals surface area (Å²) >= 11 is 0. The minimum absolute atomic E-state index is 1.12. The van der Waals surface area contributed by atoms with Gasteiger partial charge in [-0.25, -0.2) is 0 Å². The van der Waals surface area contributed by atoms with Gasteiger partial charge >= 0.3 is 33.0 Å². The second kappa shape index (κ2) is 7.30. The van der Waals surface area contributed by atoms with E-state index in [0.717, 1.165) is 4.48 Å². The summed E-state index contributed by atoms with van der Waals surface area (Å²) in [6, 6.07) is 0. The summed E-state index contributed by atoms with van der Waals surface area (Å²) in [5.74, 6) is 0. The van der Waals surface area contributed by atoms with E-state index in [-0.39, 0.29) is 0 Å². The van der Waals surface area contributed by atoms with Crippen LogP contribution in [-0.2, 0) is 0 Å².